The van der Waals surface area contributed by atoms with Crippen LogP contribution < -0.4 is 5.32 Å². The van der Waals surface area contributed by atoms with Crippen molar-refractivity contribution in [2.75, 3.05) is 13.2 Å². The second-order valence-corrected chi connectivity index (χ2v) is 7.56. The number of aromatic amines is 1. The largest absolute Gasteiger partial charge is 0.381 e. The normalized spacial score (nSPS) is 25.2. The van der Waals surface area contributed by atoms with Gasteiger partial charge in [0, 0.05) is 25.2 Å². The highest BCUT2D eigenvalue weighted by atomic mass is 16.5. The Kier molecular flexibility index (Phi) is 4.99. The van der Waals surface area contributed by atoms with Crippen LogP contribution in [0.1, 0.15) is 69.9 Å². The summed E-state index contributed by atoms with van der Waals surface area (Å²) in [6.45, 7) is 6.03. The summed E-state index contributed by atoms with van der Waals surface area (Å²) in [5.74, 6) is 1.89. The van der Waals surface area contributed by atoms with Crippen molar-refractivity contribution in [3.63, 3.8) is 0 Å². The highest BCUT2D eigenvalue weighted by Gasteiger charge is 2.33. The first-order valence-corrected chi connectivity index (χ1v) is 8.83. The topological polar surface area (TPSA) is 79.9 Å². The molecule has 6 heteroatoms. The van der Waals surface area contributed by atoms with Gasteiger partial charge in [0.1, 0.15) is 5.82 Å². The minimum Gasteiger partial charge on any atom is -0.381 e. The van der Waals surface area contributed by atoms with Gasteiger partial charge < -0.3 is 10.1 Å². The summed E-state index contributed by atoms with van der Waals surface area (Å²) >= 11 is 0. The average molecular weight is 320 g/mol. The van der Waals surface area contributed by atoms with Crippen LogP contribution >= 0.6 is 0 Å². The van der Waals surface area contributed by atoms with E-state index in [0.717, 1.165) is 38.3 Å². The third-order valence-corrected chi connectivity index (χ3v) is 5.31. The molecule has 2 aliphatic rings. The number of nitrogens with one attached hydrogen (secondary N) is 2. The summed E-state index contributed by atoms with van der Waals surface area (Å²) in [5.41, 5.74) is 0.183. The number of carbonyl (C=O) groups is 1. The van der Waals surface area contributed by atoms with Crippen molar-refractivity contribution in [1.29, 1.82) is 0 Å². The Labute approximate surface area is 137 Å². The SMILES string of the molecule is CC1(C)CCCCC1NC(=O)Cc1nc(C2CCOCC2)n[nH]1. The Balaban J connectivity index is 1.54. The third kappa shape index (κ3) is 4.10. The molecular formula is C17H28N4O2. The molecule has 2 N–H and O–H groups in total. The number of amides is 1. The van der Waals surface area contributed by atoms with Gasteiger partial charge in [-0.05, 0) is 31.1 Å². The van der Waals surface area contributed by atoms with Gasteiger partial charge in [-0.3, -0.25) is 9.89 Å². The lowest BCUT2D eigenvalue weighted by molar-refractivity contribution is -0.122. The smallest absolute Gasteiger partial charge is 0.227 e. The number of nitrogens with zero attached hydrogens (tertiary/aromatic N) is 2. The Hall–Kier alpha value is -1.43. The quantitative estimate of drug-likeness (QED) is 0.892. The van der Waals surface area contributed by atoms with E-state index < -0.39 is 0 Å². The molecule has 128 valence electrons. The highest BCUT2D eigenvalue weighted by molar-refractivity contribution is 5.78. The molecule has 3 rings (SSSR count). The van der Waals surface area contributed by atoms with Crippen molar-refractivity contribution in [3.05, 3.63) is 11.6 Å². The molecule has 1 saturated carbocycles. The fourth-order valence-electron chi connectivity index (χ4n) is 3.69. The summed E-state index contributed by atoms with van der Waals surface area (Å²) in [4.78, 5) is 16.9. The fraction of sp³-hybridized carbons (Fsp3) is 0.824. The van der Waals surface area contributed by atoms with E-state index in [1.165, 1.54) is 19.3 Å². The second-order valence-electron chi connectivity index (χ2n) is 7.56. The second kappa shape index (κ2) is 6.99. The summed E-state index contributed by atoms with van der Waals surface area (Å²) in [7, 11) is 0. The highest BCUT2D eigenvalue weighted by Crippen LogP contribution is 2.35. The van der Waals surface area contributed by atoms with Crippen LogP contribution in [0, 0.1) is 5.41 Å². The molecule has 0 aromatic carbocycles. The van der Waals surface area contributed by atoms with E-state index in [1.807, 2.05) is 0 Å². The zero-order chi connectivity index (χ0) is 16.3. The molecule has 1 aromatic heterocycles. The van der Waals surface area contributed by atoms with E-state index in [0.29, 0.717) is 11.7 Å². The number of hydrogen-bond donors (Lipinski definition) is 2. The van der Waals surface area contributed by atoms with E-state index in [2.05, 4.69) is 34.3 Å². The minimum atomic E-state index is 0.0413. The number of aromatic nitrogens is 3. The van der Waals surface area contributed by atoms with E-state index in [9.17, 15) is 4.79 Å². The maximum Gasteiger partial charge on any atom is 0.227 e. The van der Waals surface area contributed by atoms with Gasteiger partial charge in [0.05, 0.1) is 6.42 Å². The van der Waals surface area contributed by atoms with Gasteiger partial charge in [-0.15, -0.1) is 0 Å². The van der Waals surface area contributed by atoms with Crippen LogP contribution in [0.4, 0.5) is 0 Å². The van der Waals surface area contributed by atoms with Crippen LogP contribution in [-0.2, 0) is 16.0 Å². The Morgan fingerprint density at radius 1 is 1.30 bits per heavy atom. The molecule has 1 aliphatic heterocycles. The number of rotatable bonds is 4. The molecule has 1 aromatic rings. The lowest BCUT2D eigenvalue weighted by Crippen LogP contribution is -2.47. The maximum absolute atomic E-state index is 12.3. The van der Waals surface area contributed by atoms with Gasteiger partial charge in [-0.25, -0.2) is 4.98 Å². The molecule has 1 aliphatic carbocycles. The maximum atomic E-state index is 12.3. The van der Waals surface area contributed by atoms with E-state index in [-0.39, 0.29) is 23.8 Å². The summed E-state index contributed by atoms with van der Waals surface area (Å²) < 4.78 is 5.37. The fourth-order valence-corrected chi connectivity index (χ4v) is 3.69. The van der Waals surface area contributed by atoms with Crippen molar-refractivity contribution in [1.82, 2.24) is 20.5 Å². The molecule has 1 amide bonds. The van der Waals surface area contributed by atoms with Gasteiger partial charge in [-0.2, -0.15) is 5.10 Å². The molecule has 2 fully saturated rings. The molecule has 1 atom stereocenters. The molecule has 0 spiro atoms. The van der Waals surface area contributed by atoms with Crippen LogP contribution in [0.15, 0.2) is 0 Å². The van der Waals surface area contributed by atoms with Crippen LogP contribution in [0.5, 0.6) is 0 Å². The molecule has 2 heterocycles. The summed E-state index contributed by atoms with van der Waals surface area (Å²) in [6, 6.07) is 0.265. The number of carbonyl (C=O) groups excluding carboxylic acids is 1. The summed E-state index contributed by atoms with van der Waals surface area (Å²) in [6.07, 6.45) is 6.90. The predicted octanol–water partition coefficient (Wildman–Crippen LogP) is 2.33. The van der Waals surface area contributed by atoms with Crippen LogP contribution in [-0.4, -0.2) is 40.3 Å². The predicted molar refractivity (Wildman–Crippen MR) is 87.1 cm³/mol. The van der Waals surface area contributed by atoms with Crippen molar-refractivity contribution in [2.45, 2.75) is 70.8 Å². The van der Waals surface area contributed by atoms with Gasteiger partial charge in [-0.1, -0.05) is 26.7 Å². The number of hydrogen-bond acceptors (Lipinski definition) is 4. The van der Waals surface area contributed by atoms with Gasteiger partial charge in [0.15, 0.2) is 5.82 Å². The molecular weight excluding hydrogens is 292 g/mol. The van der Waals surface area contributed by atoms with Crippen LogP contribution in [0.3, 0.4) is 0 Å². The monoisotopic (exact) mass is 320 g/mol. The lowest BCUT2D eigenvalue weighted by atomic mass is 9.73. The van der Waals surface area contributed by atoms with Crippen molar-refractivity contribution in [2.24, 2.45) is 5.41 Å². The zero-order valence-electron chi connectivity index (χ0n) is 14.2. The third-order valence-electron chi connectivity index (χ3n) is 5.31. The van der Waals surface area contributed by atoms with Gasteiger partial charge in [0.2, 0.25) is 5.91 Å². The van der Waals surface area contributed by atoms with Crippen LogP contribution in [0.2, 0.25) is 0 Å². The van der Waals surface area contributed by atoms with Crippen LogP contribution in [0.25, 0.3) is 0 Å². The van der Waals surface area contributed by atoms with Crippen molar-refractivity contribution < 1.29 is 9.53 Å². The Morgan fingerprint density at radius 2 is 2.09 bits per heavy atom. The summed E-state index contributed by atoms with van der Waals surface area (Å²) in [5, 5.41) is 10.4. The number of H-pyrrole nitrogens is 1. The molecule has 0 bridgehead atoms. The number of ether oxygens (including phenoxy) is 1. The Morgan fingerprint density at radius 3 is 2.83 bits per heavy atom. The first-order chi connectivity index (χ1) is 11.0. The minimum absolute atomic E-state index is 0.0413. The van der Waals surface area contributed by atoms with E-state index in [1.54, 1.807) is 0 Å². The Bertz CT molecular complexity index is 534. The first-order valence-electron chi connectivity index (χ1n) is 8.83. The van der Waals surface area contributed by atoms with Crippen molar-refractivity contribution >= 4 is 5.91 Å². The van der Waals surface area contributed by atoms with Gasteiger partial charge >= 0.3 is 0 Å². The zero-order valence-corrected chi connectivity index (χ0v) is 14.2. The lowest BCUT2D eigenvalue weighted by Gasteiger charge is -2.39. The van der Waals surface area contributed by atoms with Gasteiger partial charge in [0.25, 0.3) is 0 Å². The molecule has 23 heavy (non-hydrogen) atoms. The van der Waals surface area contributed by atoms with E-state index in [4.69, 9.17) is 4.74 Å². The molecule has 6 nitrogen and oxygen atoms in total. The first kappa shape index (κ1) is 16.4. The average Bonchev–Trinajstić information content (AvgIpc) is 2.98. The van der Waals surface area contributed by atoms with Crippen molar-refractivity contribution in [3.8, 4) is 0 Å². The standard InChI is InChI=1S/C17H28N4O2/c1-17(2)8-4-3-5-13(17)18-15(22)11-14-19-16(21-20-14)12-6-9-23-10-7-12/h12-13H,3-11H2,1-2H3,(H,18,22)(H,19,20,21). The molecule has 1 unspecified atom stereocenters. The van der Waals surface area contributed by atoms with E-state index >= 15 is 0 Å². The molecule has 1 saturated heterocycles. The molecule has 0 radical (unpaired) electrons.